The van der Waals surface area contributed by atoms with E-state index in [4.69, 9.17) is 0 Å². The van der Waals surface area contributed by atoms with Gasteiger partial charge in [-0.1, -0.05) is 36.4 Å². The summed E-state index contributed by atoms with van der Waals surface area (Å²) in [4.78, 5) is 26.2. The van der Waals surface area contributed by atoms with E-state index in [1.165, 1.54) is 4.90 Å². The van der Waals surface area contributed by atoms with Crippen LogP contribution in [0.4, 0.5) is 11.4 Å². The maximum Gasteiger partial charge on any atom is 0.256 e. The molecule has 0 bridgehead atoms. The average molecular weight is 294 g/mol. The summed E-state index contributed by atoms with van der Waals surface area (Å²) >= 11 is 0. The molecule has 1 aliphatic rings. The predicted molar refractivity (Wildman–Crippen MR) is 86.9 cm³/mol. The van der Waals surface area contributed by atoms with E-state index in [-0.39, 0.29) is 18.2 Å². The molecular formula is C18H18N2O2. The van der Waals surface area contributed by atoms with Gasteiger partial charge in [0.25, 0.3) is 5.91 Å². The van der Waals surface area contributed by atoms with Crippen molar-refractivity contribution in [2.24, 2.45) is 0 Å². The lowest BCUT2D eigenvalue weighted by atomic mass is 10.1. The van der Waals surface area contributed by atoms with Crippen LogP contribution in [0.5, 0.6) is 0 Å². The van der Waals surface area contributed by atoms with Crippen molar-refractivity contribution in [3.05, 3.63) is 59.7 Å². The maximum absolute atomic E-state index is 12.6. The molecule has 0 spiro atoms. The molecule has 3 rings (SSSR count). The van der Waals surface area contributed by atoms with Crippen molar-refractivity contribution < 1.29 is 9.59 Å². The molecule has 0 unspecified atom stereocenters. The first kappa shape index (κ1) is 14.3. The lowest BCUT2D eigenvalue weighted by Gasteiger charge is -2.18. The van der Waals surface area contributed by atoms with Crippen LogP contribution in [0.25, 0.3) is 0 Å². The van der Waals surface area contributed by atoms with Gasteiger partial charge >= 0.3 is 0 Å². The van der Waals surface area contributed by atoms with Gasteiger partial charge in [-0.15, -0.1) is 0 Å². The molecule has 2 aromatic rings. The van der Waals surface area contributed by atoms with E-state index in [1.54, 1.807) is 6.07 Å². The van der Waals surface area contributed by atoms with Gasteiger partial charge in [-0.3, -0.25) is 9.59 Å². The molecule has 0 aliphatic carbocycles. The Morgan fingerprint density at radius 1 is 0.955 bits per heavy atom. The molecule has 1 saturated heterocycles. The Morgan fingerprint density at radius 3 is 2.27 bits per heavy atom. The summed E-state index contributed by atoms with van der Waals surface area (Å²) in [5, 5.41) is 3.20. The summed E-state index contributed by atoms with van der Waals surface area (Å²) in [5.41, 5.74) is 3.53. The van der Waals surface area contributed by atoms with Crippen LogP contribution in [-0.2, 0) is 9.59 Å². The lowest BCUT2D eigenvalue weighted by molar-refractivity contribution is -0.121. The Kier molecular flexibility index (Phi) is 3.67. The van der Waals surface area contributed by atoms with Gasteiger partial charge in [0.05, 0.1) is 12.1 Å². The molecule has 0 radical (unpaired) electrons. The number of carbonyl (C=O) groups is 2. The van der Waals surface area contributed by atoms with Gasteiger partial charge in [-0.25, -0.2) is 4.90 Å². The SMILES string of the molecule is Cc1ccccc1N[C@@H]1CC(=O)N(c2ccccc2C)C1=O. The molecule has 1 fully saturated rings. The van der Waals surface area contributed by atoms with Crippen LogP contribution in [-0.4, -0.2) is 17.9 Å². The van der Waals surface area contributed by atoms with Crippen LogP contribution >= 0.6 is 0 Å². The minimum Gasteiger partial charge on any atom is -0.373 e. The fourth-order valence-corrected chi connectivity index (χ4v) is 2.73. The Labute approximate surface area is 129 Å². The summed E-state index contributed by atoms with van der Waals surface area (Å²) in [6.45, 7) is 3.88. The highest BCUT2D eigenvalue weighted by atomic mass is 16.2. The second-order valence-corrected chi connectivity index (χ2v) is 5.57. The van der Waals surface area contributed by atoms with Crippen LogP contribution in [0.2, 0.25) is 0 Å². The summed E-state index contributed by atoms with van der Waals surface area (Å²) in [5.74, 6) is -0.354. The fraction of sp³-hybridized carbons (Fsp3) is 0.222. The van der Waals surface area contributed by atoms with Crippen molar-refractivity contribution in [3.8, 4) is 0 Å². The summed E-state index contributed by atoms with van der Waals surface area (Å²) in [6.07, 6.45) is 0.182. The molecule has 4 nitrogen and oxygen atoms in total. The van der Waals surface area contributed by atoms with E-state index >= 15 is 0 Å². The monoisotopic (exact) mass is 294 g/mol. The number of nitrogens with one attached hydrogen (secondary N) is 1. The van der Waals surface area contributed by atoms with E-state index < -0.39 is 6.04 Å². The topological polar surface area (TPSA) is 49.4 Å². The second kappa shape index (κ2) is 5.64. The molecule has 0 saturated carbocycles. The Morgan fingerprint density at radius 2 is 1.59 bits per heavy atom. The van der Waals surface area contributed by atoms with Gasteiger partial charge in [0.1, 0.15) is 6.04 Å². The number of imide groups is 1. The fourth-order valence-electron chi connectivity index (χ4n) is 2.73. The predicted octanol–water partition coefficient (Wildman–Crippen LogP) is 3.05. The number of nitrogens with zero attached hydrogens (tertiary/aromatic N) is 1. The number of anilines is 2. The minimum atomic E-state index is -0.506. The smallest absolute Gasteiger partial charge is 0.256 e. The Hall–Kier alpha value is -2.62. The van der Waals surface area contributed by atoms with Crippen LogP contribution in [0.3, 0.4) is 0 Å². The van der Waals surface area contributed by atoms with Crippen LogP contribution in [0, 0.1) is 13.8 Å². The summed E-state index contributed by atoms with van der Waals surface area (Å²) in [7, 11) is 0. The van der Waals surface area contributed by atoms with Gasteiger partial charge < -0.3 is 5.32 Å². The number of hydrogen-bond donors (Lipinski definition) is 1. The highest BCUT2D eigenvalue weighted by Gasteiger charge is 2.40. The van der Waals surface area contributed by atoms with E-state index in [0.717, 1.165) is 16.8 Å². The van der Waals surface area contributed by atoms with Crippen molar-refractivity contribution in [3.63, 3.8) is 0 Å². The first-order valence-corrected chi connectivity index (χ1v) is 7.32. The third-order valence-corrected chi connectivity index (χ3v) is 3.98. The van der Waals surface area contributed by atoms with Crippen molar-refractivity contribution >= 4 is 23.2 Å². The van der Waals surface area contributed by atoms with Gasteiger partial charge in [0, 0.05) is 5.69 Å². The number of rotatable bonds is 3. The van der Waals surface area contributed by atoms with E-state index in [9.17, 15) is 9.59 Å². The van der Waals surface area contributed by atoms with Gasteiger partial charge in [0.2, 0.25) is 5.91 Å². The first-order chi connectivity index (χ1) is 10.6. The molecular weight excluding hydrogens is 276 g/mol. The first-order valence-electron chi connectivity index (χ1n) is 7.32. The van der Waals surface area contributed by atoms with Crippen molar-refractivity contribution in [1.29, 1.82) is 0 Å². The number of aryl methyl sites for hydroxylation is 2. The van der Waals surface area contributed by atoms with Gasteiger partial charge in [-0.2, -0.15) is 0 Å². The Bertz CT molecular complexity index is 739. The molecule has 0 aromatic heterocycles. The average Bonchev–Trinajstić information content (AvgIpc) is 2.77. The molecule has 1 N–H and O–H groups in total. The normalized spacial score (nSPS) is 17.9. The number of benzene rings is 2. The van der Waals surface area contributed by atoms with Crippen LogP contribution in [0.15, 0.2) is 48.5 Å². The quantitative estimate of drug-likeness (QED) is 0.885. The third-order valence-electron chi connectivity index (χ3n) is 3.98. The summed E-state index contributed by atoms with van der Waals surface area (Å²) in [6, 6.07) is 14.7. The largest absolute Gasteiger partial charge is 0.373 e. The zero-order chi connectivity index (χ0) is 15.7. The van der Waals surface area contributed by atoms with E-state index in [0.29, 0.717) is 5.69 Å². The molecule has 1 heterocycles. The van der Waals surface area contributed by atoms with E-state index in [1.807, 2.05) is 56.3 Å². The standard InChI is InChI=1S/C18H18N2O2/c1-12-7-3-5-9-14(12)19-15-11-17(21)20(18(15)22)16-10-6-4-8-13(16)2/h3-10,15,19H,11H2,1-2H3/t15-/m1/s1. The van der Waals surface area contributed by atoms with Crippen molar-refractivity contribution in [2.75, 3.05) is 10.2 Å². The molecule has 2 amide bonds. The number of carbonyl (C=O) groups excluding carboxylic acids is 2. The van der Waals surface area contributed by atoms with Gasteiger partial charge in [0.15, 0.2) is 0 Å². The Balaban J connectivity index is 1.86. The minimum absolute atomic E-state index is 0.162. The zero-order valence-electron chi connectivity index (χ0n) is 12.7. The molecule has 4 heteroatoms. The van der Waals surface area contributed by atoms with E-state index in [2.05, 4.69) is 5.32 Å². The van der Waals surface area contributed by atoms with Gasteiger partial charge in [-0.05, 0) is 37.1 Å². The highest BCUT2D eigenvalue weighted by molar-refractivity contribution is 6.23. The molecule has 22 heavy (non-hydrogen) atoms. The third kappa shape index (κ3) is 2.48. The van der Waals surface area contributed by atoms with Crippen LogP contribution < -0.4 is 10.2 Å². The molecule has 2 aromatic carbocycles. The van der Waals surface area contributed by atoms with Crippen LogP contribution in [0.1, 0.15) is 17.5 Å². The second-order valence-electron chi connectivity index (χ2n) is 5.57. The number of para-hydroxylation sites is 2. The molecule has 112 valence electrons. The highest BCUT2D eigenvalue weighted by Crippen LogP contribution is 2.28. The van der Waals surface area contributed by atoms with Crippen molar-refractivity contribution in [2.45, 2.75) is 26.3 Å². The maximum atomic E-state index is 12.6. The summed E-state index contributed by atoms with van der Waals surface area (Å²) < 4.78 is 0. The number of hydrogen-bond acceptors (Lipinski definition) is 3. The zero-order valence-corrected chi connectivity index (χ0v) is 12.7. The van der Waals surface area contributed by atoms with Crippen molar-refractivity contribution in [1.82, 2.24) is 0 Å². The molecule has 1 aliphatic heterocycles. The molecule has 1 atom stereocenters. The lowest BCUT2D eigenvalue weighted by Crippen LogP contribution is -2.35. The number of amides is 2.